The third-order valence-corrected chi connectivity index (χ3v) is 3.09. The molecule has 0 fully saturated rings. The molecular weight excluding hydrogens is 286 g/mol. The van der Waals surface area contributed by atoms with Crippen LogP contribution in [0.4, 0.5) is 5.69 Å². The van der Waals surface area contributed by atoms with Crippen molar-refractivity contribution < 1.29 is 19.2 Å². The molecule has 6 heteroatoms. The van der Waals surface area contributed by atoms with Crippen molar-refractivity contribution in [3.63, 3.8) is 0 Å². The molecule has 0 saturated carbocycles. The molecule has 1 unspecified atom stereocenters. The number of nitrogens with zero attached hydrogens (tertiary/aromatic N) is 1. The van der Waals surface area contributed by atoms with Gasteiger partial charge in [-0.2, -0.15) is 0 Å². The largest absolute Gasteiger partial charge is 0.496 e. The Morgan fingerprint density at radius 3 is 2.45 bits per heavy atom. The molecule has 0 heterocycles. The van der Waals surface area contributed by atoms with Gasteiger partial charge in [0.05, 0.1) is 18.1 Å². The highest BCUT2D eigenvalue weighted by atomic mass is 16.6. The molecule has 1 atom stereocenters. The number of nitro groups is 1. The lowest BCUT2D eigenvalue weighted by Gasteiger charge is -2.14. The predicted molar refractivity (Wildman–Crippen MR) is 80.5 cm³/mol. The van der Waals surface area contributed by atoms with Gasteiger partial charge in [0.1, 0.15) is 5.75 Å². The van der Waals surface area contributed by atoms with Gasteiger partial charge < -0.3 is 9.47 Å². The van der Waals surface area contributed by atoms with Crippen LogP contribution < -0.4 is 9.47 Å². The second-order valence-electron chi connectivity index (χ2n) is 4.58. The normalized spacial score (nSPS) is 11.5. The molecule has 6 nitrogen and oxygen atoms in total. The minimum atomic E-state index is -0.838. The first-order valence-electron chi connectivity index (χ1n) is 6.61. The van der Waals surface area contributed by atoms with Crippen LogP contribution in [0.25, 0.3) is 0 Å². The lowest BCUT2D eigenvalue weighted by molar-refractivity contribution is -0.386. The summed E-state index contributed by atoms with van der Waals surface area (Å²) in [6.45, 7) is 1.56. The molecule has 0 amide bonds. The Hall–Kier alpha value is -2.89. The Balaban J connectivity index is 2.23. The summed E-state index contributed by atoms with van der Waals surface area (Å²) in [5.41, 5.74) is 0.248. The van der Waals surface area contributed by atoms with E-state index in [-0.39, 0.29) is 17.2 Å². The summed E-state index contributed by atoms with van der Waals surface area (Å²) >= 11 is 0. The van der Waals surface area contributed by atoms with Crippen LogP contribution in [0.1, 0.15) is 17.3 Å². The third kappa shape index (κ3) is 3.41. The van der Waals surface area contributed by atoms with E-state index in [4.69, 9.17) is 9.47 Å². The molecule has 0 N–H and O–H groups in total. The fraction of sp³-hybridized carbons (Fsp3) is 0.188. The van der Waals surface area contributed by atoms with Crippen molar-refractivity contribution >= 4 is 11.5 Å². The Bertz CT molecular complexity index is 684. The number of rotatable bonds is 6. The minimum Gasteiger partial charge on any atom is -0.496 e. The molecule has 0 aliphatic carbocycles. The first-order chi connectivity index (χ1) is 10.5. The topological polar surface area (TPSA) is 78.7 Å². The minimum absolute atomic E-state index is 0.0302. The Morgan fingerprint density at radius 1 is 1.18 bits per heavy atom. The van der Waals surface area contributed by atoms with Crippen LogP contribution >= 0.6 is 0 Å². The molecule has 0 aliphatic rings. The van der Waals surface area contributed by atoms with Crippen molar-refractivity contribution in [1.82, 2.24) is 0 Å². The zero-order valence-electron chi connectivity index (χ0n) is 12.2. The van der Waals surface area contributed by atoms with E-state index in [9.17, 15) is 14.9 Å². The summed E-state index contributed by atoms with van der Waals surface area (Å²) in [5.74, 6) is 0.134. The lowest BCUT2D eigenvalue weighted by Crippen LogP contribution is -2.24. The summed E-state index contributed by atoms with van der Waals surface area (Å²) in [6.07, 6.45) is -0.838. The highest BCUT2D eigenvalue weighted by molar-refractivity contribution is 5.99. The van der Waals surface area contributed by atoms with Gasteiger partial charge in [-0.25, -0.2) is 0 Å². The van der Waals surface area contributed by atoms with Crippen LogP contribution in [0, 0.1) is 10.1 Å². The van der Waals surface area contributed by atoms with Crippen LogP contribution in [0.15, 0.2) is 48.5 Å². The Morgan fingerprint density at radius 2 is 1.86 bits per heavy atom. The van der Waals surface area contributed by atoms with E-state index in [1.165, 1.54) is 19.2 Å². The molecule has 0 aromatic heterocycles. The van der Waals surface area contributed by atoms with Crippen molar-refractivity contribution in [2.45, 2.75) is 13.0 Å². The van der Waals surface area contributed by atoms with Gasteiger partial charge in [-0.15, -0.1) is 0 Å². The number of benzene rings is 2. The van der Waals surface area contributed by atoms with Crippen molar-refractivity contribution in [2.75, 3.05) is 7.11 Å². The molecule has 22 heavy (non-hydrogen) atoms. The fourth-order valence-corrected chi connectivity index (χ4v) is 1.95. The maximum Gasteiger partial charge on any atom is 0.314 e. The van der Waals surface area contributed by atoms with E-state index in [0.29, 0.717) is 11.3 Å². The number of methoxy groups -OCH3 is 1. The van der Waals surface area contributed by atoms with Gasteiger partial charge in [0.15, 0.2) is 11.9 Å². The van der Waals surface area contributed by atoms with Crippen LogP contribution in [-0.4, -0.2) is 23.9 Å². The molecule has 0 radical (unpaired) electrons. The van der Waals surface area contributed by atoms with Gasteiger partial charge in [0.2, 0.25) is 5.78 Å². The van der Waals surface area contributed by atoms with E-state index in [1.54, 1.807) is 43.3 Å². The van der Waals surface area contributed by atoms with Crippen molar-refractivity contribution in [3.05, 3.63) is 64.2 Å². The molecule has 0 saturated heterocycles. The highest BCUT2D eigenvalue weighted by Gasteiger charge is 2.22. The first-order valence-corrected chi connectivity index (χ1v) is 6.61. The predicted octanol–water partition coefficient (Wildman–Crippen LogP) is 3.25. The lowest BCUT2D eigenvalue weighted by atomic mass is 10.1. The number of hydrogen-bond acceptors (Lipinski definition) is 5. The van der Waals surface area contributed by atoms with Gasteiger partial charge in [0, 0.05) is 5.56 Å². The van der Waals surface area contributed by atoms with Gasteiger partial charge in [-0.3, -0.25) is 14.9 Å². The molecule has 0 spiro atoms. The first kappa shape index (κ1) is 15.5. The number of carbonyl (C=O) groups excluding carboxylic acids is 1. The molecular formula is C16H15NO5. The van der Waals surface area contributed by atoms with Gasteiger partial charge >= 0.3 is 5.69 Å². The zero-order valence-corrected chi connectivity index (χ0v) is 12.2. The second-order valence-corrected chi connectivity index (χ2v) is 4.58. The SMILES string of the molecule is COc1ccc(OC(C)C(=O)c2ccccc2)c([N+](=O)[O-])c1. The average Bonchev–Trinajstić information content (AvgIpc) is 2.55. The highest BCUT2D eigenvalue weighted by Crippen LogP contribution is 2.32. The third-order valence-electron chi connectivity index (χ3n) is 3.09. The zero-order chi connectivity index (χ0) is 16.1. The fourth-order valence-electron chi connectivity index (χ4n) is 1.95. The number of ether oxygens (including phenoxy) is 2. The summed E-state index contributed by atoms with van der Waals surface area (Å²) in [5, 5.41) is 11.1. The number of ketones is 1. The van der Waals surface area contributed by atoms with Gasteiger partial charge in [0.25, 0.3) is 0 Å². The molecule has 0 bridgehead atoms. The Kier molecular flexibility index (Phi) is 4.73. The molecule has 2 aromatic carbocycles. The number of Topliss-reactive ketones (excluding diaryl/α,β-unsaturated/α-hetero) is 1. The van der Waals surface area contributed by atoms with E-state index in [2.05, 4.69) is 0 Å². The van der Waals surface area contributed by atoms with Crippen LogP contribution in [0.5, 0.6) is 11.5 Å². The van der Waals surface area contributed by atoms with E-state index >= 15 is 0 Å². The van der Waals surface area contributed by atoms with Crippen molar-refractivity contribution in [2.24, 2.45) is 0 Å². The summed E-state index contributed by atoms with van der Waals surface area (Å²) < 4.78 is 10.4. The summed E-state index contributed by atoms with van der Waals surface area (Å²) in [6, 6.07) is 12.9. The quantitative estimate of drug-likeness (QED) is 0.465. The molecule has 114 valence electrons. The van der Waals surface area contributed by atoms with Gasteiger partial charge in [-0.05, 0) is 19.1 Å². The van der Waals surface area contributed by atoms with Gasteiger partial charge in [-0.1, -0.05) is 30.3 Å². The summed E-state index contributed by atoms with van der Waals surface area (Å²) in [7, 11) is 1.42. The van der Waals surface area contributed by atoms with E-state index in [1.807, 2.05) is 0 Å². The number of nitro benzene ring substituents is 1. The molecule has 0 aliphatic heterocycles. The number of hydrogen-bond donors (Lipinski definition) is 0. The van der Waals surface area contributed by atoms with Crippen LogP contribution in [0.3, 0.4) is 0 Å². The standard InChI is InChI=1S/C16H15NO5/c1-11(16(18)12-6-4-3-5-7-12)22-15-9-8-13(21-2)10-14(15)17(19)20/h3-11H,1-2H3. The van der Waals surface area contributed by atoms with Crippen LogP contribution in [0.2, 0.25) is 0 Å². The Labute approximate surface area is 127 Å². The maximum atomic E-state index is 12.2. The molecule has 2 aromatic rings. The van der Waals surface area contributed by atoms with Crippen molar-refractivity contribution in [3.8, 4) is 11.5 Å². The number of carbonyl (C=O) groups is 1. The van der Waals surface area contributed by atoms with Crippen molar-refractivity contribution in [1.29, 1.82) is 0 Å². The second kappa shape index (κ2) is 6.71. The molecule has 2 rings (SSSR count). The maximum absolute atomic E-state index is 12.2. The van der Waals surface area contributed by atoms with E-state index < -0.39 is 11.0 Å². The smallest absolute Gasteiger partial charge is 0.314 e. The monoisotopic (exact) mass is 301 g/mol. The van der Waals surface area contributed by atoms with Crippen LogP contribution in [-0.2, 0) is 0 Å². The van der Waals surface area contributed by atoms with E-state index in [0.717, 1.165) is 0 Å². The average molecular weight is 301 g/mol. The summed E-state index contributed by atoms with van der Waals surface area (Å²) in [4.78, 5) is 22.8.